The monoisotopic (exact) mass is 556 g/mol. The zero-order valence-corrected chi connectivity index (χ0v) is 23.9. The molecule has 6 aliphatic rings. The molecule has 3 aliphatic heterocycles. The number of hydrogen-bond donors (Lipinski definition) is 0. The molecule has 10 nitrogen and oxygen atoms in total. The van der Waals surface area contributed by atoms with Crippen LogP contribution in [-0.4, -0.2) is 59.7 Å². The highest BCUT2D eigenvalue weighted by atomic mass is 16.7. The molecule has 1 spiro atoms. The van der Waals surface area contributed by atoms with Crippen LogP contribution >= 0.6 is 0 Å². The molecule has 4 fully saturated rings. The molecule has 0 aromatic rings. The zero-order chi connectivity index (χ0) is 29.2. The van der Waals surface area contributed by atoms with Crippen LogP contribution in [0.2, 0.25) is 0 Å². The highest BCUT2D eigenvalue weighted by Gasteiger charge is 2.89. The van der Waals surface area contributed by atoms with Crippen molar-refractivity contribution in [3.63, 3.8) is 0 Å². The maximum Gasteiger partial charge on any atom is 0.339 e. The molecule has 216 valence electrons. The van der Waals surface area contributed by atoms with Gasteiger partial charge in [-0.15, -0.1) is 0 Å². The van der Waals surface area contributed by atoms with E-state index in [1.54, 1.807) is 6.08 Å². The molecule has 0 bridgehead atoms. The molecule has 0 unspecified atom stereocenters. The summed E-state index contributed by atoms with van der Waals surface area (Å²) in [6.07, 6.45) is 2.32. The molecular weight excluding hydrogens is 520 g/mol. The van der Waals surface area contributed by atoms with E-state index in [9.17, 15) is 24.0 Å². The highest BCUT2D eigenvalue weighted by Crippen LogP contribution is 2.79. The number of cyclic esters (lactones) is 2. The average molecular weight is 557 g/mol. The molecule has 3 heterocycles. The van der Waals surface area contributed by atoms with Crippen molar-refractivity contribution in [3.8, 4) is 0 Å². The summed E-state index contributed by atoms with van der Waals surface area (Å²) in [4.78, 5) is 64.1. The molecule has 6 rings (SSSR count). The fourth-order valence-electron chi connectivity index (χ4n) is 9.85. The molecule has 3 aliphatic carbocycles. The Morgan fingerprint density at radius 3 is 2.25 bits per heavy atom. The second kappa shape index (κ2) is 8.05. The number of epoxide rings is 1. The largest absolute Gasteiger partial charge is 0.458 e. The number of ketones is 1. The van der Waals surface area contributed by atoms with Crippen LogP contribution in [0.5, 0.6) is 0 Å². The molecule has 0 aromatic carbocycles. The van der Waals surface area contributed by atoms with E-state index in [0.717, 1.165) is 0 Å². The van der Waals surface area contributed by atoms with Gasteiger partial charge in [0, 0.05) is 41.6 Å². The Bertz CT molecular complexity index is 1310. The summed E-state index contributed by atoms with van der Waals surface area (Å²) in [6, 6.07) is 0. The maximum atomic E-state index is 13.4. The van der Waals surface area contributed by atoms with Gasteiger partial charge in [-0.05, 0) is 30.3 Å². The second-order valence-corrected chi connectivity index (χ2v) is 13.6. The number of esters is 4. The van der Waals surface area contributed by atoms with Crippen LogP contribution in [0, 0.1) is 33.5 Å². The molecule has 2 saturated carbocycles. The van der Waals surface area contributed by atoms with E-state index < -0.39 is 81.5 Å². The predicted octanol–water partition coefficient (Wildman–Crippen LogP) is 2.97. The van der Waals surface area contributed by atoms with Gasteiger partial charge in [0.1, 0.15) is 23.9 Å². The summed E-state index contributed by atoms with van der Waals surface area (Å²) in [7, 11) is 0. The number of allylic oxidation sites excluding steroid dienone is 2. The van der Waals surface area contributed by atoms with E-state index >= 15 is 0 Å². The lowest BCUT2D eigenvalue weighted by Crippen LogP contribution is -2.77. The van der Waals surface area contributed by atoms with Crippen molar-refractivity contribution in [2.75, 3.05) is 0 Å². The van der Waals surface area contributed by atoms with E-state index in [2.05, 4.69) is 6.92 Å². The maximum absolute atomic E-state index is 13.4. The number of hydrogen-bond acceptors (Lipinski definition) is 10. The first-order valence-electron chi connectivity index (χ1n) is 13.9. The van der Waals surface area contributed by atoms with Crippen molar-refractivity contribution in [2.24, 2.45) is 33.5 Å². The van der Waals surface area contributed by atoms with Crippen LogP contribution in [0.1, 0.15) is 67.7 Å². The molecule has 2 saturated heterocycles. The Kier molecular flexibility index (Phi) is 5.47. The molecular formula is C30H36O10. The van der Waals surface area contributed by atoms with Gasteiger partial charge in [-0.25, -0.2) is 4.79 Å². The molecule has 40 heavy (non-hydrogen) atoms. The minimum absolute atomic E-state index is 0.00327. The van der Waals surface area contributed by atoms with Crippen molar-refractivity contribution in [3.05, 3.63) is 24.0 Å². The Morgan fingerprint density at radius 2 is 1.65 bits per heavy atom. The van der Waals surface area contributed by atoms with Crippen molar-refractivity contribution < 1.29 is 47.7 Å². The van der Waals surface area contributed by atoms with Crippen molar-refractivity contribution >= 4 is 29.7 Å². The minimum Gasteiger partial charge on any atom is -0.458 e. The summed E-state index contributed by atoms with van der Waals surface area (Å²) >= 11 is 0. The van der Waals surface area contributed by atoms with Gasteiger partial charge in [0.2, 0.25) is 0 Å². The van der Waals surface area contributed by atoms with E-state index in [4.69, 9.17) is 23.7 Å². The Hall–Kier alpha value is -3.01. The smallest absolute Gasteiger partial charge is 0.339 e. The molecule has 0 N–H and O–H groups in total. The van der Waals surface area contributed by atoms with E-state index in [0.29, 0.717) is 18.4 Å². The fraction of sp³-hybridized carbons (Fsp3) is 0.700. The summed E-state index contributed by atoms with van der Waals surface area (Å²) in [5, 5.41) is 0. The fourth-order valence-corrected chi connectivity index (χ4v) is 9.85. The third-order valence-electron chi connectivity index (χ3n) is 11.2. The number of rotatable bonds is 3. The third kappa shape index (κ3) is 3.06. The SMILES string of the molecule is CC(=O)O[C@H]1[C@@H](OC(C)=O)[C@]2(C)[C@H](CC[C@@]3(C)[C@H](C4=COC(=O)C4)OC(=O)[C@H]4O[C@@]423)[C@@]2(C)C=CC(=O)C(C)(C)[C@H]12. The van der Waals surface area contributed by atoms with E-state index in [-0.39, 0.29) is 18.1 Å². The lowest BCUT2D eigenvalue weighted by Gasteiger charge is -2.69. The molecule has 0 radical (unpaired) electrons. The lowest BCUT2D eigenvalue weighted by atomic mass is 9.35. The standard InChI is InChI=1S/C30H36O10/c1-14(31)37-20-21-26(3,4)18(33)9-10-27(21,5)17-8-11-28(6)22(16-12-19(34)36-13-16)39-25(35)24-30(28,40-24)29(17,7)23(20)38-15(2)32/h9-10,13,17,20-24H,8,11-12H2,1-7H3/t17-,20-,21+,22+,23-,24-,27-,28+,29+,30-/m1/s1. The third-order valence-corrected chi connectivity index (χ3v) is 11.2. The molecule has 10 atom stereocenters. The van der Waals surface area contributed by atoms with Gasteiger partial charge in [0.25, 0.3) is 0 Å². The van der Waals surface area contributed by atoms with Gasteiger partial charge in [-0.1, -0.05) is 40.7 Å². The Morgan fingerprint density at radius 1 is 0.975 bits per heavy atom. The highest BCUT2D eigenvalue weighted by molar-refractivity contribution is 5.96. The van der Waals surface area contributed by atoms with Gasteiger partial charge in [0.05, 0.1) is 12.7 Å². The van der Waals surface area contributed by atoms with Crippen LogP contribution < -0.4 is 0 Å². The zero-order valence-electron chi connectivity index (χ0n) is 23.9. The molecule has 0 aromatic heterocycles. The van der Waals surface area contributed by atoms with Crippen LogP contribution in [0.4, 0.5) is 0 Å². The summed E-state index contributed by atoms with van der Waals surface area (Å²) in [6.45, 7) is 12.3. The average Bonchev–Trinajstić information content (AvgIpc) is 3.50. The van der Waals surface area contributed by atoms with Gasteiger partial charge >= 0.3 is 23.9 Å². The van der Waals surface area contributed by atoms with E-state index in [1.165, 1.54) is 20.1 Å². The Balaban J connectivity index is 1.59. The summed E-state index contributed by atoms with van der Waals surface area (Å²) < 4.78 is 29.7. The number of ether oxygens (including phenoxy) is 5. The molecule has 10 heteroatoms. The van der Waals surface area contributed by atoms with Crippen molar-refractivity contribution in [1.29, 1.82) is 0 Å². The number of fused-ring (bicyclic) bond motifs is 3. The van der Waals surface area contributed by atoms with Crippen molar-refractivity contribution in [2.45, 2.75) is 97.7 Å². The Labute approximate surface area is 232 Å². The summed E-state index contributed by atoms with van der Waals surface area (Å²) in [5.74, 6) is -2.98. The van der Waals surface area contributed by atoms with Gasteiger partial charge in [-0.2, -0.15) is 0 Å². The predicted molar refractivity (Wildman–Crippen MR) is 136 cm³/mol. The lowest BCUT2D eigenvalue weighted by molar-refractivity contribution is -0.281. The second-order valence-electron chi connectivity index (χ2n) is 13.6. The first-order chi connectivity index (χ1) is 18.6. The van der Waals surface area contributed by atoms with Crippen molar-refractivity contribution in [1.82, 2.24) is 0 Å². The van der Waals surface area contributed by atoms with E-state index in [1.807, 2.05) is 33.8 Å². The van der Waals surface area contributed by atoms with Gasteiger partial charge in [0.15, 0.2) is 11.9 Å². The quantitative estimate of drug-likeness (QED) is 0.290. The number of carbonyl (C=O) groups is 5. The first-order valence-corrected chi connectivity index (χ1v) is 13.9. The summed E-state index contributed by atoms with van der Waals surface area (Å²) in [5.41, 5.74) is -4.10. The van der Waals surface area contributed by atoms with Gasteiger partial charge in [-0.3, -0.25) is 19.2 Å². The topological polar surface area (TPSA) is 135 Å². The van der Waals surface area contributed by atoms with Crippen LogP contribution in [0.3, 0.4) is 0 Å². The number of carbonyl (C=O) groups excluding carboxylic acids is 5. The normalized spacial score (nSPS) is 47.9. The molecule has 0 amide bonds. The first kappa shape index (κ1) is 27.2. The van der Waals surface area contributed by atoms with Gasteiger partial charge < -0.3 is 23.7 Å². The van der Waals surface area contributed by atoms with Crippen LogP contribution in [0.25, 0.3) is 0 Å². The minimum atomic E-state index is -1.17. The van der Waals surface area contributed by atoms with Crippen LogP contribution in [-0.2, 0) is 47.7 Å². The van der Waals surface area contributed by atoms with Crippen LogP contribution in [0.15, 0.2) is 24.0 Å².